The Hall–Kier alpha value is -1.11. The van der Waals surface area contributed by atoms with Crippen LogP contribution >= 0.6 is 11.6 Å². The molecule has 1 amide bonds. The number of sulfonamides is 1. The van der Waals surface area contributed by atoms with E-state index in [1.165, 1.54) is 24.6 Å². The fourth-order valence-corrected chi connectivity index (χ4v) is 2.93. The van der Waals surface area contributed by atoms with Gasteiger partial charge in [-0.05, 0) is 37.0 Å². The first-order valence-electron chi connectivity index (χ1n) is 6.37. The average Bonchev–Trinajstić information content (AvgIpc) is 2.31. The summed E-state index contributed by atoms with van der Waals surface area (Å²) in [6, 6.07) is 3.91. The normalized spacial score (nSPS) is 15.8. The predicted octanol–water partition coefficient (Wildman–Crippen LogP) is 1.86. The van der Waals surface area contributed by atoms with Crippen molar-refractivity contribution >= 4 is 27.5 Å². The molecule has 1 aromatic rings. The number of benzene rings is 1. The van der Waals surface area contributed by atoms with Gasteiger partial charge in [0, 0.05) is 13.6 Å². The molecule has 1 fully saturated rings. The highest BCUT2D eigenvalue weighted by Gasteiger charge is 2.24. The van der Waals surface area contributed by atoms with Crippen LogP contribution in [0.2, 0.25) is 5.02 Å². The number of halogens is 1. The lowest BCUT2D eigenvalue weighted by Crippen LogP contribution is -2.34. The van der Waals surface area contributed by atoms with E-state index in [1.54, 1.807) is 11.9 Å². The Labute approximate surface area is 123 Å². The van der Waals surface area contributed by atoms with Crippen LogP contribution in [-0.2, 0) is 10.0 Å². The van der Waals surface area contributed by atoms with Crippen molar-refractivity contribution in [3.8, 4) is 0 Å². The van der Waals surface area contributed by atoms with Crippen molar-refractivity contribution in [1.82, 2.24) is 4.90 Å². The van der Waals surface area contributed by atoms with E-state index >= 15 is 0 Å². The molecule has 2 rings (SSSR count). The molecule has 0 spiro atoms. The van der Waals surface area contributed by atoms with Crippen LogP contribution in [0, 0.1) is 5.92 Å². The van der Waals surface area contributed by atoms with E-state index in [2.05, 4.69) is 0 Å². The molecular weight excluding hydrogens is 300 g/mol. The van der Waals surface area contributed by atoms with E-state index in [0.717, 1.165) is 12.8 Å². The van der Waals surface area contributed by atoms with Crippen LogP contribution in [0.5, 0.6) is 0 Å². The van der Waals surface area contributed by atoms with Crippen molar-refractivity contribution in [2.45, 2.75) is 24.2 Å². The number of rotatable bonds is 4. The largest absolute Gasteiger partial charge is 0.341 e. The Bertz CT molecular complexity index is 627. The molecular formula is C13H17ClN2O3S. The molecule has 1 aliphatic rings. The summed E-state index contributed by atoms with van der Waals surface area (Å²) in [5.74, 6) is 0.247. The van der Waals surface area contributed by atoms with Gasteiger partial charge < -0.3 is 4.90 Å². The van der Waals surface area contributed by atoms with Crippen molar-refractivity contribution in [2.24, 2.45) is 11.1 Å². The van der Waals surface area contributed by atoms with Gasteiger partial charge >= 0.3 is 0 Å². The molecule has 0 unspecified atom stereocenters. The van der Waals surface area contributed by atoms with Gasteiger partial charge in [-0.2, -0.15) is 0 Å². The minimum absolute atomic E-state index is 0.109. The first-order chi connectivity index (χ1) is 9.29. The number of hydrogen-bond donors (Lipinski definition) is 1. The van der Waals surface area contributed by atoms with Gasteiger partial charge in [-0.25, -0.2) is 13.6 Å². The maximum atomic E-state index is 12.3. The highest BCUT2D eigenvalue weighted by atomic mass is 35.5. The molecule has 0 saturated heterocycles. The first-order valence-corrected chi connectivity index (χ1v) is 8.29. The third kappa shape index (κ3) is 3.31. The molecule has 5 nitrogen and oxygen atoms in total. The van der Waals surface area contributed by atoms with Crippen LogP contribution in [-0.4, -0.2) is 32.8 Å². The molecule has 1 aliphatic carbocycles. The summed E-state index contributed by atoms with van der Waals surface area (Å²) in [6.45, 7) is 0.661. The zero-order valence-electron chi connectivity index (χ0n) is 11.2. The van der Waals surface area contributed by atoms with Crippen LogP contribution in [0.3, 0.4) is 0 Å². The summed E-state index contributed by atoms with van der Waals surface area (Å²) >= 11 is 5.99. The second kappa shape index (κ2) is 5.71. The molecule has 1 aromatic carbocycles. The van der Waals surface area contributed by atoms with Crippen molar-refractivity contribution < 1.29 is 13.2 Å². The summed E-state index contributed by atoms with van der Waals surface area (Å²) in [4.78, 5) is 13.8. The van der Waals surface area contributed by atoms with Gasteiger partial charge in [0.1, 0.15) is 0 Å². The molecule has 7 heteroatoms. The number of hydrogen-bond acceptors (Lipinski definition) is 3. The third-order valence-corrected chi connectivity index (χ3v) is 4.84. The molecule has 0 aliphatic heterocycles. The number of carbonyl (C=O) groups excluding carboxylic acids is 1. The van der Waals surface area contributed by atoms with Gasteiger partial charge in [-0.15, -0.1) is 0 Å². The zero-order valence-corrected chi connectivity index (χ0v) is 12.7. The van der Waals surface area contributed by atoms with Crippen LogP contribution in [0.25, 0.3) is 0 Å². The van der Waals surface area contributed by atoms with Crippen molar-refractivity contribution in [3.63, 3.8) is 0 Å². The van der Waals surface area contributed by atoms with Crippen molar-refractivity contribution in [1.29, 1.82) is 0 Å². The summed E-state index contributed by atoms with van der Waals surface area (Å²) in [7, 11) is -2.15. The summed E-state index contributed by atoms with van der Waals surface area (Å²) in [5.41, 5.74) is 0.167. The molecule has 0 aromatic heterocycles. The first kappa shape index (κ1) is 15.3. The van der Waals surface area contributed by atoms with Gasteiger partial charge in [-0.1, -0.05) is 18.0 Å². The average molecular weight is 317 g/mol. The van der Waals surface area contributed by atoms with Gasteiger partial charge in [0.2, 0.25) is 10.0 Å². The SMILES string of the molecule is CN(CC1CCC1)C(=O)c1cc(S(N)(=O)=O)ccc1Cl. The quantitative estimate of drug-likeness (QED) is 0.920. The molecule has 1 saturated carbocycles. The van der Waals surface area contributed by atoms with E-state index in [9.17, 15) is 13.2 Å². The second-order valence-electron chi connectivity index (χ2n) is 5.17. The monoisotopic (exact) mass is 316 g/mol. The molecule has 0 atom stereocenters. The molecule has 110 valence electrons. The minimum Gasteiger partial charge on any atom is -0.341 e. The fraction of sp³-hybridized carbons (Fsp3) is 0.462. The molecule has 0 radical (unpaired) electrons. The molecule has 0 heterocycles. The van der Waals surface area contributed by atoms with E-state index in [4.69, 9.17) is 16.7 Å². The lowest BCUT2D eigenvalue weighted by Gasteiger charge is -2.30. The lowest BCUT2D eigenvalue weighted by atomic mass is 9.85. The summed E-state index contributed by atoms with van der Waals surface area (Å²) in [6.07, 6.45) is 3.46. The highest BCUT2D eigenvalue weighted by molar-refractivity contribution is 7.89. The third-order valence-electron chi connectivity index (χ3n) is 3.60. The van der Waals surface area contributed by atoms with E-state index in [1.807, 2.05) is 0 Å². The van der Waals surface area contributed by atoms with Crippen LogP contribution < -0.4 is 5.14 Å². The lowest BCUT2D eigenvalue weighted by molar-refractivity contribution is 0.0745. The van der Waals surface area contributed by atoms with Gasteiger partial charge in [0.05, 0.1) is 15.5 Å². The van der Waals surface area contributed by atoms with E-state index in [0.29, 0.717) is 12.5 Å². The highest BCUT2D eigenvalue weighted by Crippen LogP contribution is 2.28. The van der Waals surface area contributed by atoms with E-state index in [-0.39, 0.29) is 21.4 Å². The standard InChI is InChI=1S/C13H17ClN2O3S/c1-16(8-9-3-2-4-9)13(17)11-7-10(20(15,18)19)5-6-12(11)14/h5-7,9H,2-4,8H2,1H3,(H2,15,18,19). The van der Waals surface area contributed by atoms with Crippen molar-refractivity contribution in [2.75, 3.05) is 13.6 Å². The summed E-state index contributed by atoms with van der Waals surface area (Å²) in [5, 5.41) is 5.29. The topological polar surface area (TPSA) is 80.5 Å². The molecule has 20 heavy (non-hydrogen) atoms. The maximum Gasteiger partial charge on any atom is 0.255 e. The number of nitrogens with zero attached hydrogens (tertiary/aromatic N) is 1. The Morgan fingerprint density at radius 3 is 2.60 bits per heavy atom. The van der Waals surface area contributed by atoms with Gasteiger partial charge in [0.25, 0.3) is 5.91 Å². The minimum atomic E-state index is -3.85. The number of primary sulfonamides is 1. The molecule has 2 N–H and O–H groups in total. The number of carbonyl (C=O) groups is 1. The molecule has 0 bridgehead atoms. The Morgan fingerprint density at radius 1 is 1.45 bits per heavy atom. The number of nitrogens with two attached hydrogens (primary N) is 1. The smallest absolute Gasteiger partial charge is 0.255 e. The Balaban J connectivity index is 2.23. The zero-order chi connectivity index (χ0) is 14.9. The van der Waals surface area contributed by atoms with Crippen molar-refractivity contribution in [3.05, 3.63) is 28.8 Å². The Morgan fingerprint density at radius 2 is 2.10 bits per heavy atom. The second-order valence-corrected chi connectivity index (χ2v) is 7.14. The van der Waals surface area contributed by atoms with Crippen LogP contribution in [0.4, 0.5) is 0 Å². The number of amides is 1. The van der Waals surface area contributed by atoms with Gasteiger partial charge in [-0.3, -0.25) is 4.79 Å². The van der Waals surface area contributed by atoms with Crippen LogP contribution in [0.15, 0.2) is 23.1 Å². The summed E-state index contributed by atoms with van der Waals surface area (Å²) < 4.78 is 22.7. The van der Waals surface area contributed by atoms with E-state index < -0.39 is 10.0 Å². The Kier molecular flexibility index (Phi) is 4.36. The van der Waals surface area contributed by atoms with Gasteiger partial charge in [0.15, 0.2) is 0 Å². The fourth-order valence-electron chi connectivity index (χ4n) is 2.20. The van der Waals surface area contributed by atoms with Crippen LogP contribution in [0.1, 0.15) is 29.6 Å². The maximum absolute atomic E-state index is 12.3. The predicted molar refractivity (Wildman–Crippen MR) is 77.1 cm³/mol.